The van der Waals surface area contributed by atoms with Crippen LogP contribution < -0.4 is 5.32 Å². The first-order valence-electron chi connectivity index (χ1n) is 9.15. The fraction of sp³-hybridized carbons (Fsp3) is 0.526. The van der Waals surface area contributed by atoms with E-state index in [9.17, 15) is 14.4 Å². The van der Waals surface area contributed by atoms with Gasteiger partial charge in [0.25, 0.3) is 5.91 Å². The Morgan fingerprint density at radius 3 is 2.54 bits per heavy atom. The lowest BCUT2D eigenvalue weighted by Crippen LogP contribution is -2.57. The molecular weight excluding hydrogens is 334 g/mol. The molecule has 0 unspecified atom stereocenters. The van der Waals surface area contributed by atoms with Crippen molar-refractivity contribution in [3.05, 3.63) is 35.9 Å². The minimum atomic E-state index is -0.817. The first-order valence-corrected chi connectivity index (χ1v) is 9.15. The van der Waals surface area contributed by atoms with E-state index in [2.05, 4.69) is 5.32 Å². The molecule has 2 aliphatic rings. The molecule has 26 heavy (non-hydrogen) atoms. The number of nitrogens with one attached hydrogen (secondary N) is 1. The lowest BCUT2D eigenvalue weighted by molar-refractivity contribution is -0.129. The summed E-state index contributed by atoms with van der Waals surface area (Å²) in [5, 5.41) is 2.44. The molecule has 2 aliphatic heterocycles. The maximum atomic E-state index is 12.4. The van der Waals surface area contributed by atoms with Gasteiger partial charge in [-0.25, -0.2) is 9.59 Å². The summed E-state index contributed by atoms with van der Waals surface area (Å²) in [5.74, 6) is -0.240. The molecule has 7 nitrogen and oxygen atoms in total. The van der Waals surface area contributed by atoms with E-state index in [0.717, 1.165) is 18.4 Å². The van der Waals surface area contributed by atoms with Gasteiger partial charge in [-0.3, -0.25) is 10.1 Å². The second kappa shape index (κ2) is 7.76. The monoisotopic (exact) mass is 359 g/mol. The number of imide groups is 1. The molecule has 0 aromatic heterocycles. The number of unbranched alkanes of at least 4 members (excludes halogenated alkanes) is 1. The fourth-order valence-electron chi connectivity index (χ4n) is 3.60. The number of hydrogen-bond acceptors (Lipinski definition) is 4. The Labute approximate surface area is 153 Å². The van der Waals surface area contributed by atoms with Crippen molar-refractivity contribution in [2.75, 3.05) is 19.6 Å². The molecule has 2 heterocycles. The number of rotatable bonds is 5. The Kier molecular flexibility index (Phi) is 5.44. The van der Waals surface area contributed by atoms with Crippen molar-refractivity contribution in [2.24, 2.45) is 0 Å². The summed E-state index contributed by atoms with van der Waals surface area (Å²) >= 11 is 0. The number of likely N-dealkylation sites (tertiary alicyclic amines) is 1. The molecule has 7 heteroatoms. The van der Waals surface area contributed by atoms with Crippen molar-refractivity contribution in [1.29, 1.82) is 0 Å². The van der Waals surface area contributed by atoms with Crippen LogP contribution in [0, 0.1) is 0 Å². The first kappa shape index (κ1) is 18.2. The van der Waals surface area contributed by atoms with E-state index in [0.29, 0.717) is 32.5 Å². The third-order valence-electron chi connectivity index (χ3n) is 5.19. The molecule has 1 aromatic rings. The quantitative estimate of drug-likeness (QED) is 0.820. The molecule has 0 saturated carbocycles. The number of urea groups is 1. The molecule has 0 bridgehead atoms. The van der Waals surface area contributed by atoms with Gasteiger partial charge in [0.15, 0.2) is 0 Å². The largest absolute Gasteiger partial charge is 0.445 e. The van der Waals surface area contributed by atoms with Gasteiger partial charge < -0.3 is 14.5 Å². The van der Waals surface area contributed by atoms with Gasteiger partial charge in [-0.05, 0) is 24.8 Å². The van der Waals surface area contributed by atoms with Crippen molar-refractivity contribution in [3.8, 4) is 0 Å². The first-order chi connectivity index (χ1) is 12.6. The van der Waals surface area contributed by atoms with Gasteiger partial charge in [0.2, 0.25) is 0 Å². The van der Waals surface area contributed by atoms with E-state index in [1.165, 1.54) is 0 Å². The molecule has 2 saturated heterocycles. The van der Waals surface area contributed by atoms with Gasteiger partial charge in [-0.1, -0.05) is 43.7 Å². The average molecular weight is 359 g/mol. The Morgan fingerprint density at radius 2 is 1.88 bits per heavy atom. The van der Waals surface area contributed by atoms with E-state index in [-0.39, 0.29) is 24.6 Å². The summed E-state index contributed by atoms with van der Waals surface area (Å²) < 4.78 is 5.36. The van der Waals surface area contributed by atoms with Crippen LogP contribution in [0.4, 0.5) is 9.59 Å². The summed E-state index contributed by atoms with van der Waals surface area (Å²) in [4.78, 5) is 40.1. The number of piperidine rings is 1. The highest BCUT2D eigenvalue weighted by molar-refractivity contribution is 6.07. The SMILES string of the molecule is CCCCN1C(=O)NC(=O)C12CCN(C(=O)OCc1ccccc1)CC2. The van der Waals surface area contributed by atoms with E-state index in [1.54, 1.807) is 9.80 Å². The smallest absolute Gasteiger partial charge is 0.410 e. The van der Waals surface area contributed by atoms with E-state index >= 15 is 0 Å². The van der Waals surface area contributed by atoms with E-state index in [4.69, 9.17) is 4.74 Å². The van der Waals surface area contributed by atoms with Crippen molar-refractivity contribution in [2.45, 2.75) is 44.8 Å². The third-order valence-corrected chi connectivity index (χ3v) is 5.19. The zero-order valence-corrected chi connectivity index (χ0v) is 15.1. The number of benzene rings is 1. The minimum absolute atomic E-state index is 0.225. The van der Waals surface area contributed by atoms with Crippen molar-refractivity contribution in [1.82, 2.24) is 15.1 Å². The topological polar surface area (TPSA) is 79.0 Å². The molecule has 1 N–H and O–H groups in total. The highest BCUT2D eigenvalue weighted by Crippen LogP contribution is 2.33. The number of amides is 4. The van der Waals surface area contributed by atoms with Crippen LogP contribution in [-0.4, -0.2) is 53.0 Å². The van der Waals surface area contributed by atoms with Gasteiger partial charge in [0.05, 0.1) is 0 Å². The van der Waals surface area contributed by atoms with Crippen LogP contribution in [0.15, 0.2) is 30.3 Å². The summed E-state index contributed by atoms with van der Waals surface area (Å²) in [6.07, 6.45) is 2.30. The molecule has 1 aromatic carbocycles. The molecule has 140 valence electrons. The van der Waals surface area contributed by atoms with E-state index < -0.39 is 5.54 Å². The van der Waals surface area contributed by atoms with Gasteiger partial charge in [-0.15, -0.1) is 0 Å². The fourth-order valence-corrected chi connectivity index (χ4v) is 3.60. The average Bonchev–Trinajstić information content (AvgIpc) is 2.89. The molecule has 0 aliphatic carbocycles. The predicted molar refractivity (Wildman–Crippen MR) is 95.3 cm³/mol. The molecule has 4 amide bonds. The van der Waals surface area contributed by atoms with Gasteiger partial charge in [-0.2, -0.15) is 0 Å². The Bertz CT molecular complexity index is 669. The Morgan fingerprint density at radius 1 is 1.19 bits per heavy atom. The highest BCUT2D eigenvalue weighted by Gasteiger charge is 2.54. The molecule has 2 fully saturated rings. The Hall–Kier alpha value is -2.57. The summed E-state index contributed by atoms with van der Waals surface area (Å²) in [6, 6.07) is 9.19. The van der Waals surface area contributed by atoms with Crippen LogP contribution in [0.1, 0.15) is 38.2 Å². The maximum Gasteiger partial charge on any atom is 0.410 e. The van der Waals surface area contributed by atoms with Crippen LogP contribution >= 0.6 is 0 Å². The zero-order chi connectivity index (χ0) is 18.6. The lowest BCUT2D eigenvalue weighted by atomic mass is 9.86. The molecular formula is C19H25N3O4. The maximum absolute atomic E-state index is 12.4. The number of nitrogens with zero attached hydrogens (tertiary/aromatic N) is 2. The van der Waals surface area contributed by atoms with E-state index in [1.807, 2.05) is 37.3 Å². The van der Waals surface area contributed by atoms with Gasteiger partial charge >= 0.3 is 12.1 Å². The van der Waals surface area contributed by atoms with Crippen LogP contribution in [0.5, 0.6) is 0 Å². The summed E-state index contributed by atoms with van der Waals surface area (Å²) in [6.45, 7) is 3.64. The minimum Gasteiger partial charge on any atom is -0.445 e. The highest BCUT2D eigenvalue weighted by atomic mass is 16.6. The standard InChI is InChI=1S/C19H25N3O4/c1-2-3-11-22-17(24)20-16(23)19(22)9-12-21(13-10-19)18(25)26-14-15-7-5-4-6-8-15/h4-8H,2-3,9-14H2,1H3,(H,20,23,24). The predicted octanol–water partition coefficient (Wildman–Crippen LogP) is 2.51. The van der Waals surface area contributed by atoms with Crippen LogP contribution in [0.2, 0.25) is 0 Å². The summed E-state index contributed by atoms with van der Waals surface area (Å²) in [7, 11) is 0. The number of carbonyl (C=O) groups is 3. The third kappa shape index (κ3) is 3.52. The normalized spacial score (nSPS) is 19.0. The molecule has 3 rings (SSSR count). The molecule has 0 atom stereocenters. The van der Waals surface area contributed by atoms with Crippen LogP contribution in [-0.2, 0) is 16.1 Å². The summed E-state index contributed by atoms with van der Waals surface area (Å²) in [5.41, 5.74) is 0.114. The molecule has 1 spiro atoms. The van der Waals surface area contributed by atoms with Crippen molar-refractivity contribution in [3.63, 3.8) is 0 Å². The lowest BCUT2D eigenvalue weighted by Gasteiger charge is -2.41. The van der Waals surface area contributed by atoms with Gasteiger partial charge in [0.1, 0.15) is 12.1 Å². The zero-order valence-electron chi connectivity index (χ0n) is 15.1. The molecule has 0 radical (unpaired) electrons. The number of hydrogen-bond donors (Lipinski definition) is 1. The van der Waals surface area contributed by atoms with Crippen molar-refractivity contribution >= 4 is 18.0 Å². The number of carbonyl (C=O) groups excluding carboxylic acids is 3. The van der Waals surface area contributed by atoms with Crippen molar-refractivity contribution < 1.29 is 19.1 Å². The van der Waals surface area contributed by atoms with Crippen LogP contribution in [0.25, 0.3) is 0 Å². The van der Waals surface area contributed by atoms with Gasteiger partial charge in [0, 0.05) is 19.6 Å². The number of ether oxygens (including phenoxy) is 1. The Balaban J connectivity index is 1.58. The van der Waals surface area contributed by atoms with Crippen LogP contribution in [0.3, 0.4) is 0 Å². The second-order valence-electron chi connectivity index (χ2n) is 6.82. The second-order valence-corrected chi connectivity index (χ2v) is 6.82.